The van der Waals surface area contributed by atoms with Gasteiger partial charge < -0.3 is 25.1 Å². The molecule has 0 heterocycles. The van der Waals surface area contributed by atoms with E-state index in [1.807, 2.05) is 0 Å². The Labute approximate surface area is 107 Å². The fourth-order valence-corrected chi connectivity index (χ4v) is 2.69. The van der Waals surface area contributed by atoms with Crippen LogP contribution in [0.2, 0.25) is 0 Å². The zero-order valence-electron chi connectivity index (χ0n) is 9.87. The Morgan fingerprint density at radius 1 is 1.42 bits per heavy atom. The molecule has 0 aromatic heterocycles. The molecule has 1 aliphatic carbocycles. The molecule has 11 heteroatoms. The van der Waals surface area contributed by atoms with Gasteiger partial charge in [0, 0.05) is 0 Å². The van der Waals surface area contributed by atoms with Crippen molar-refractivity contribution in [1.82, 2.24) is 5.48 Å². The number of carbonyl (C=O) groups is 1. The van der Waals surface area contributed by atoms with Crippen molar-refractivity contribution in [3.05, 3.63) is 0 Å². The number of carbonyl (C=O) groups excluding carboxylic acids is 1. The molecule has 7 N–H and O–H groups in total. The average molecular weight is 301 g/mol. The van der Waals surface area contributed by atoms with Gasteiger partial charge in [-0.25, -0.2) is 10.0 Å². The van der Waals surface area contributed by atoms with Crippen LogP contribution in [0.3, 0.4) is 0 Å². The number of hydrogen-bond acceptors (Lipinski definition) is 7. The molecule has 0 saturated heterocycles. The summed E-state index contributed by atoms with van der Waals surface area (Å²) in [7, 11) is -4.85. The summed E-state index contributed by atoms with van der Waals surface area (Å²) in [4.78, 5) is 28.4. The Bertz CT molecular complexity index is 394. The summed E-state index contributed by atoms with van der Waals surface area (Å²) in [6, 6.07) is 0. The highest BCUT2D eigenvalue weighted by Crippen LogP contribution is 2.46. The third kappa shape index (κ3) is 3.30. The third-order valence-electron chi connectivity index (χ3n) is 3.30. The van der Waals surface area contributed by atoms with Crippen LogP contribution in [0.25, 0.3) is 0 Å². The molecule has 0 spiro atoms. The SMILES string of the molecule is CC1C(O)C(COP(=O)(O)O)C(O)(O)C1C(=O)NO. The minimum atomic E-state index is -4.85. The van der Waals surface area contributed by atoms with Crippen molar-refractivity contribution < 1.29 is 44.2 Å². The number of aliphatic hydroxyl groups excluding tert-OH is 1. The van der Waals surface area contributed by atoms with Crippen molar-refractivity contribution in [2.75, 3.05) is 6.61 Å². The Hall–Kier alpha value is -0.580. The van der Waals surface area contributed by atoms with E-state index in [2.05, 4.69) is 4.52 Å². The molecular formula is C8H16NO9P. The summed E-state index contributed by atoms with van der Waals surface area (Å²) in [6.45, 7) is 0.460. The van der Waals surface area contributed by atoms with Crippen molar-refractivity contribution in [1.29, 1.82) is 0 Å². The zero-order valence-corrected chi connectivity index (χ0v) is 10.8. The van der Waals surface area contributed by atoms with E-state index in [-0.39, 0.29) is 0 Å². The molecule has 0 aliphatic heterocycles. The highest BCUT2D eigenvalue weighted by Gasteiger charge is 2.60. The molecule has 0 radical (unpaired) electrons. The van der Waals surface area contributed by atoms with Crippen molar-refractivity contribution in [3.63, 3.8) is 0 Å². The summed E-state index contributed by atoms with van der Waals surface area (Å²) in [5.41, 5.74) is 1.24. The lowest BCUT2D eigenvalue weighted by Gasteiger charge is -2.29. The predicted octanol–water partition coefficient (Wildman–Crippen LogP) is -2.47. The van der Waals surface area contributed by atoms with Gasteiger partial charge in [0.25, 0.3) is 5.91 Å². The monoisotopic (exact) mass is 301 g/mol. The van der Waals surface area contributed by atoms with E-state index in [1.165, 1.54) is 12.4 Å². The molecule has 0 aromatic carbocycles. The fraction of sp³-hybridized carbons (Fsp3) is 0.875. The maximum absolute atomic E-state index is 11.3. The molecule has 1 aliphatic rings. The first-order valence-electron chi connectivity index (χ1n) is 5.29. The van der Waals surface area contributed by atoms with E-state index in [9.17, 15) is 24.7 Å². The number of nitrogens with one attached hydrogen (secondary N) is 1. The molecule has 19 heavy (non-hydrogen) atoms. The van der Waals surface area contributed by atoms with Gasteiger partial charge in [-0.05, 0) is 5.92 Å². The summed E-state index contributed by atoms with van der Waals surface area (Å²) < 4.78 is 14.7. The lowest BCUT2D eigenvalue weighted by molar-refractivity contribution is -0.227. The van der Waals surface area contributed by atoms with Gasteiger partial charge in [0.15, 0.2) is 5.79 Å². The standard InChI is InChI=1S/C8H16NO9P/c1-3-5(7(11)9-14)8(12,13)4(6(3)10)2-18-19(15,16)17/h3-6,10,12-14H,2H2,1H3,(H,9,11)(H2,15,16,17). The smallest absolute Gasteiger partial charge is 0.392 e. The molecular weight excluding hydrogens is 285 g/mol. The zero-order chi connectivity index (χ0) is 15.0. The van der Waals surface area contributed by atoms with Crippen molar-refractivity contribution >= 4 is 13.7 Å². The highest BCUT2D eigenvalue weighted by molar-refractivity contribution is 7.46. The van der Waals surface area contributed by atoms with Crippen molar-refractivity contribution in [2.45, 2.75) is 18.8 Å². The first kappa shape index (κ1) is 16.5. The summed E-state index contributed by atoms with van der Waals surface area (Å²) in [5.74, 6) is -7.96. The third-order valence-corrected chi connectivity index (χ3v) is 3.78. The van der Waals surface area contributed by atoms with Gasteiger partial charge in [-0.15, -0.1) is 0 Å². The Morgan fingerprint density at radius 2 is 1.95 bits per heavy atom. The van der Waals surface area contributed by atoms with E-state index in [4.69, 9.17) is 15.0 Å². The lowest BCUT2D eigenvalue weighted by Crippen LogP contribution is -2.49. The van der Waals surface area contributed by atoms with Crippen LogP contribution in [-0.4, -0.2) is 54.7 Å². The largest absolute Gasteiger partial charge is 0.469 e. The number of phosphoric acid groups is 1. The average Bonchev–Trinajstić information content (AvgIpc) is 2.42. The van der Waals surface area contributed by atoms with Crippen LogP contribution >= 0.6 is 7.82 Å². The van der Waals surface area contributed by atoms with Crippen LogP contribution in [0.4, 0.5) is 0 Å². The maximum Gasteiger partial charge on any atom is 0.469 e. The first-order valence-corrected chi connectivity index (χ1v) is 6.82. The quantitative estimate of drug-likeness (QED) is 0.128. The Morgan fingerprint density at radius 3 is 2.37 bits per heavy atom. The van der Waals surface area contributed by atoms with Crippen LogP contribution in [0.1, 0.15) is 6.92 Å². The second-order valence-corrected chi connectivity index (χ2v) is 5.72. The van der Waals surface area contributed by atoms with Gasteiger partial charge in [0.1, 0.15) is 0 Å². The van der Waals surface area contributed by atoms with Crippen LogP contribution in [0.15, 0.2) is 0 Å². The number of hydrogen-bond donors (Lipinski definition) is 7. The second-order valence-electron chi connectivity index (χ2n) is 4.48. The van der Waals surface area contributed by atoms with E-state index in [0.29, 0.717) is 0 Å². The molecule has 4 unspecified atom stereocenters. The van der Waals surface area contributed by atoms with E-state index in [1.54, 1.807) is 0 Å². The van der Waals surface area contributed by atoms with E-state index >= 15 is 0 Å². The van der Waals surface area contributed by atoms with Gasteiger partial charge >= 0.3 is 7.82 Å². The van der Waals surface area contributed by atoms with Gasteiger partial charge in [-0.2, -0.15) is 0 Å². The minimum absolute atomic E-state index is 0.863. The number of amides is 1. The van der Waals surface area contributed by atoms with E-state index < -0.39 is 50.0 Å². The molecule has 4 atom stereocenters. The van der Waals surface area contributed by atoms with Crippen LogP contribution < -0.4 is 5.48 Å². The minimum Gasteiger partial charge on any atom is -0.392 e. The highest BCUT2D eigenvalue weighted by atomic mass is 31.2. The van der Waals surface area contributed by atoms with Gasteiger partial charge in [0.05, 0.1) is 24.5 Å². The fourth-order valence-electron chi connectivity index (χ4n) is 2.33. The number of aliphatic hydroxyl groups is 3. The predicted molar refractivity (Wildman–Crippen MR) is 57.2 cm³/mol. The maximum atomic E-state index is 11.3. The molecule has 112 valence electrons. The van der Waals surface area contributed by atoms with Gasteiger partial charge in [-0.3, -0.25) is 14.5 Å². The van der Waals surface area contributed by atoms with Crippen LogP contribution in [0.5, 0.6) is 0 Å². The van der Waals surface area contributed by atoms with Gasteiger partial charge in [-0.1, -0.05) is 6.92 Å². The second kappa shape index (κ2) is 5.43. The van der Waals surface area contributed by atoms with Crippen molar-refractivity contribution in [2.24, 2.45) is 17.8 Å². The molecule has 0 aromatic rings. The van der Waals surface area contributed by atoms with Crippen molar-refractivity contribution in [3.8, 4) is 0 Å². The molecule has 1 fully saturated rings. The summed E-state index contributed by atoms with van der Waals surface area (Å²) in [6.07, 6.45) is -1.45. The first-order chi connectivity index (χ1) is 8.52. The number of hydroxylamine groups is 1. The summed E-state index contributed by atoms with van der Waals surface area (Å²) >= 11 is 0. The number of rotatable bonds is 4. The normalized spacial score (nSPS) is 34.3. The molecule has 1 saturated carbocycles. The van der Waals surface area contributed by atoms with E-state index in [0.717, 1.165) is 0 Å². The number of phosphoric ester groups is 1. The topological polar surface area (TPSA) is 177 Å². The molecule has 1 amide bonds. The molecule has 0 bridgehead atoms. The van der Waals surface area contributed by atoms with Crippen LogP contribution in [-0.2, 0) is 13.9 Å². The summed E-state index contributed by atoms with van der Waals surface area (Å²) in [5, 5.41) is 38.0. The van der Waals surface area contributed by atoms with Crippen LogP contribution in [0, 0.1) is 17.8 Å². The van der Waals surface area contributed by atoms with Gasteiger partial charge in [0.2, 0.25) is 0 Å². The Kier molecular flexibility index (Phi) is 4.71. The Balaban J connectivity index is 2.94. The molecule has 10 nitrogen and oxygen atoms in total. The molecule has 1 rings (SSSR count). The lowest BCUT2D eigenvalue weighted by atomic mass is 9.92.